The molecule has 0 aliphatic carbocycles. The van der Waals surface area contributed by atoms with E-state index in [1.165, 1.54) is 0 Å². The summed E-state index contributed by atoms with van der Waals surface area (Å²) in [7, 11) is 0. The Morgan fingerprint density at radius 2 is 1.70 bits per heavy atom. The molecule has 0 fully saturated rings. The van der Waals surface area contributed by atoms with E-state index in [1.807, 2.05) is 61.2 Å². The number of carbonyl (C=O) groups is 2. The van der Waals surface area contributed by atoms with Crippen molar-refractivity contribution >= 4 is 34.8 Å². The molecule has 0 saturated carbocycles. The fraction of sp³-hybridized carbons (Fsp3) is 0.286. The number of fused-ring (bicyclic) bond motifs is 1. The van der Waals surface area contributed by atoms with E-state index in [0.717, 1.165) is 35.2 Å². The first-order chi connectivity index (χ1) is 15.7. The predicted molar refractivity (Wildman–Crippen MR) is 136 cm³/mol. The van der Waals surface area contributed by atoms with Crippen molar-refractivity contribution in [2.24, 2.45) is 0 Å². The zero-order chi connectivity index (χ0) is 23.8. The Bertz CT molecular complexity index is 1230. The van der Waals surface area contributed by atoms with Gasteiger partial charge in [0.1, 0.15) is 0 Å². The molecule has 0 spiro atoms. The van der Waals surface area contributed by atoms with Crippen LogP contribution in [0.1, 0.15) is 64.1 Å². The highest BCUT2D eigenvalue weighted by atomic mass is 35.5. The molecule has 2 amide bonds. The largest absolute Gasteiger partial charge is 0.322 e. The lowest BCUT2D eigenvalue weighted by molar-refractivity contribution is 0.0985. The topological polar surface area (TPSA) is 49.4 Å². The Labute approximate surface area is 200 Å². The van der Waals surface area contributed by atoms with Crippen LogP contribution in [0.2, 0.25) is 5.02 Å². The van der Waals surface area contributed by atoms with Crippen molar-refractivity contribution in [2.45, 2.75) is 46.0 Å². The average Bonchev–Trinajstić information content (AvgIpc) is 2.89. The molecular formula is C28H29ClN2O2. The van der Waals surface area contributed by atoms with Crippen LogP contribution in [0.15, 0.2) is 60.7 Å². The number of nitrogens with zero attached hydrogens (tertiary/aromatic N) is 1. The molecule has 170 valence electrons. The summed E-state index contributed by atoms with van der Waals surface area (Å²) in [5, 5.41) is 3.63. The third kappa shape index (κ3) is 4.67. The van der Waals surface area contributed by atoms with E-state index >= 15 is 0 Å². The molecule has 3 aromatic carbocycles. The zero-order valence-corrected chi connectivity index (χ0v) is 20.3. The third-order valence-electron chi connectivity index (χ3n) is 6.51. The Morgan fingerprint density at radius 1 is 0.939 bits per heavy atom. The van der Waals surface area contributed by atoms with Gasteiger partial charge in [-0.1, -0.05) is 43.6 Å². The minimum Gasteiger partial charge on any atom is -0.322 e. The molecule has 5 heteroatoms. The second-order valence-corrected chi connectivity index (χ2v) is 9.84. The number of amides is 2. The van der Waals surface area contributed by atoms with E-state index < -0.39 is 0 Å². The van der Waals surface area contributed by atoms with Gasteiger partial charge in [-0.05, 0) is 91.3 Å². The Kier molecular flexibility index (Phi) is 6.31. The van der Waals surface area contributed by atoms with Crippen LogP contribution in [0.25, 0.3) is 0 Å². The predicted octanol–water partition coefficient (Wildman–Crippen LogP) is 6.93. The summed E-state index contributed by atoms with van der Waals surface area (Å²) in [6.07, 6.45) is 1.89. The molecule has 1 aliphatic rings. The van der Waals surface area contributed by atoms with Crippen LogP contribution in [0.3, 0.4) is 0 Å². The third-order valence-corrected chi connectivity index (χ3v) is 6.75. The fourth-order valence-electron chi connectivity index (χ4n) is 4.58. The van der Waals surface area contributed by atoms with Gasteiger partial charge in [0.05, 0.1) is 0 Å². The van der Waals surface area contributed by atoms with Crippen molar-refractivity contribution in [1.29, 1.82) is 0 Å². The van der Waals surface area contributed by atoms with Crippen molar-refractivity contribution in [1.82, 2.24) is 0 Å². The molecule has 4 rings (SSSR count). The molecule has 0 aromatic heterocycles. The maximum absolute atomic E-state index is 13.6. The second kappa shape index (κ2) is 9.03. The smallest absolute Gasteiger partial charge is 0.258 e. The van der Waals surface area contributed by atoms with Crippen LogP contribution in [-0.4, -0.2) is 18.4 Å². The van der Waals surface area contributed by atoms with Gasteiger partial charge in [-0.15, -0.1) is 0 Å². The molecular weight excluding hydrogens is 432 g/mol. The highest BCUT2D eigenvalue weighted by molar-refractivity contribution is 6.30. The molecule has 4 nitrogen and oxygen atoms in total. The van der Waals surface area contributed by atoms with Crippen molar-refractivity contribution in [3.63, 3.8) is 0 Å². The number of benzene rings is 3. The normalized spacial score (nSPS) is 14.9. The van der Waals surface area contributed by atoms with Gasteiger partial charge in [-0.2, -0.15) is 0 Å². The molecule has 33 heavy (non-hydrogen) atoms. The van der Waals surface area contributed by atoms with Gasteiger partial charge >= 0.3 is 0 Å². The number of halogens is 1. The quantitative estimate of drug-likeness (QED) is 0.460. The summed E-state index contributed by atoms with van der Waals surface area (Å²) in [6, 6.07) is 18.7. The van der Waals surface area contributed by atoms with Gasteiger partial charge < -0.3 is 10.2 Å². The van der Waals surface area contributed by atoms with Gasteiger partial charge in [-0.3, -0.25) is 9.59 Å². The van der Waals surface area contributed by atoms with E-state index in [0.29, 0.717) is 28.4 Å². The molecule has 0 bridgehead atoms. The first kappa shape index (κ1) is 23.1. The van der Waals surface area contributed by atoms with E-state index in [2.05, 4.69) is 19.2 Å². The van der Waals surface area contributed by atoms with E-state index in [9.17, 15) is 9.59 Å². The number of rotatable bonds is 3. The Morgan fingerprint density at radius 3 is 2.42 bits per heavy atom. The van der Waals surface area contributed by atoms with Crippen molar-refractivity contribution in [3.8, 4) is 0 Å². The van der Waals surface area contributed by atoms with Crippen molar-refractivity contribution in [2.75, 3.05) is 16.8 Å². The number of anilines is 2. The van der Waals surface area contributed by atoms with Crippen LogP contribution in [-0.2, 0) is 5.41 Å². The molecule has 1 heterocycles. The van der Waals surface area contributed by atoms with Crippen LogP contribution in [0, 0.1) is 13.8 Å². The fourth-order valence-corrected chi connectivity index (χ4v) is 4.76. The lowest BCUT2D eigenvalue weighted by Gasteiger charge is -2.28. The summed E-state index contributed by atoms with van der Waals surface area (Å²) in [5.74, 6) is -0.197. The standard InChI is InChI=1S/C28H29ClN2O2/c1-18-8-5-6-9-22(18)26(32)30-21-11-12-23(19(2)16-21)27(33)31-15-7-14-28(3,4)24-17-20(29)10-13-25(24)31/h5-6,8-13,16-17H,7,14-15H2,1-4H3,(H,30,32). The molecule has 0 atom stereocenters. The maximum atomic E-state index is 13.6. The monoisotopic (exact) mass is 460 g/mol. The maximum Gasteiger partial charge on any atom is 0.258 e. The van der Waals surface area contributed by atoms with Gasteiger partial charge in [0.25, 0.3) is 11.8 Å². The lowest BCUT2D eigenvalue weighted by Crippen LogP contribution is -2.32. The number of carbonyl (C=O) groups excluding carboxylic acids is 2. The number of hydrogen-bond donors (Lipinski definition) is 1. The SMILES string of the molecule is Cc1ccccc1C(=O)Nc1ccc(C(=O)N2CCCC(C)(C)c3cc(Cl)ccc32)c(C)c1. The minimum atomic E-state index is -0.160. The highest BCUT2D eigenvalue weighted by Crippen LogP contribution is 2.40. The lowest BCUT2D eigenvalue weighted by atomic mass is 9.80. The molecule has 0 radical (unpaired) electrons. The summed E-state index contributed by atoms with van der Waals surface area (Å²) < 4.78 is 0. The van der Waals surface area contributed by atoms with Crippen LogP contribution in [0.4, 0.5) is 11.4 Å². The molecule has 0 unspecified atom stereocenters. The van der Waals surface area contributed by atoms with Crippen LogP contribution in [0.5, 0.6) is 0 Å². The molecule has 3 aromatic rings. The van der Waals surface area contributed by atoms with Gasteiger partial charge in [0.15, 0.2) is 0 Å². The second-order valence-electron chi connectivity index (χ2n) is 9.40. The Hall–Kier alpha value is -3.11. The summed E-state index contributed by atoms with van der Waals surface area (Å²) >= 11 is 6.30. The molecule has 1 aliphatic heterocycles. The number of nitrogens with one attached hydrogen (secondary N) is 1. The average molecular weight is 461 g/mol. The van der Waals surface area contributed by atoms with Crippen molar-refractivity contribution < 1.29 is 9.59 Å². The van der Waals surface area contributed by atoms with Gasteiger partial charge in [0.2, 0.25) is 0 Å². The van der Waals surface area contributed by atoms with E-state index in [1.54, 1.807) is 18.2 Å². The first-order valence-electron chi connectivity index (χ1n) is 11.3. The number of aryl methyl sites for hydroxylation is 2. The van der Waals surface area contributed by atoms with Gasteiger partial charge in [-0.25, -0.2) is 0 Å². The van der Waals surface area contributed by atoms with E-state index in [-0.39, 0.29) is 17.2 Å². The summed E-state index contributed by atoms with van der Waals surface area (Å²) in [5.41, 5.74) is 5.63. The van der Waals surface area contributed by atoms with Crippen molar-refractivity contribution in [3.05, 3.63) is 93.5 Å². The van der Waals surface area contributed by atoms with Crippen LogP contribution >= 0.6 is 11.6 Å². The molecule has 0 saturated heterocycles. The minimum absolute atomic E-state index is 0.0365. The van der Waals surface area contributed by atoms with E-state index in [4.69, 9.17) is 11.6 Å². The summed E-state index contributed by atoms with van der Waals surface area (Å²) in [4.78, 5) is 28.2. The zero-order valence-electron chi connectivity index (χ0n) is 19.5. The Balaban J connectivity index is 1.62. The first-order valence-corrected chi connectivity index (χ1v) is 11.6. The van der Waals surface area contributed by atoms with Gasteiger partial charge in [0, 0.05) is 34.1 Å². The summed E-state index contributed by atoms with van der Waals surface area (Å²) in [6.45, 7) is 8.87. The highest BCUT2D eigenvalue weighted by Gasteiger charge is 2.32. The number of hydrogen-bond acceptors (Lipinski definition) is 2. The molecule has 1 N–H and O–H groups in total. The van der Waals surface area contributed by atoms with Crippen LogP contribution < -0.4 is 10.2 Å².